The molecule has 1 aliphatic heterocycles. The van der Waals surface area contributed by atoms with E-state index in [1.54, 1.807) is 13.8 Å². The summed E-state index contributed by atoms with van der Waals surface area (Å²) in [6.45, 7) is 3.88. The predicted molar refractivity (Wildman–Crippen MR) is 73.2 cm³/mol. The smallest absolute Gasteiger partial charge is 0.418 e. The summed E-state index contributed by atoms with van der Waals surface area (Å²) in [5.41, 5.74) is -1.41. The summed E-state index contributed by atoms with van der Waals surface area (Å²) in [5.74, 6) is -1.09. The van der Waals surface area contributed by atoms with Crippen LogP contribution in [0.2, 0.25) is 0 Å². The molecule has 0 spiro atoms. The van der Waals surface area contributed by atoms with Gasteiger partial charge in [-0.1, -0.05) is 26.0 Å². The minimum absolute atomic E-state index is 0.0508. The third-order valence-corrected chi connectivity index (χ3v) is 4.02. The second kappa shape index (κ2) is 5.24. The topological polar surface area (TPSA) is 40.5 Å². The van der Waals surface area contributed by atoms with Gasteiger partial charge < -0.3 is 10.0 Å². The van der Waals surface area contributed by atoms with Crippen molar-refractivity contribution in [3.8, 4) is 0 Å². The minimum Gasteiger partial charge on any atom is -0.480 e. The van der Waals surface area contributed by atoms with Gasteiger partial charge in [0.2, 0.25) is 0 Å². The van der Waals surface area contributed by atoms with Gasteiger partial charge in [-0.2, -0.15) is 13.2 Å². The summed E-state index contributed by atoms with van der Waals surface area (Å²) >= 11 is 0. The molecule has 1 aromatic rings. The molecule has 1 unspecified atom stereocenters. The molecule has 6 heteroatoms. The van der Waals surface area contributed by atoms with Gasteiger partial charge in [0.25, 0.3) is 0 Å². The van der Waals surface area contributed by atoms with E-state index in [4.69, 9.17) is 0 Å². The molecule has 1 heterocycles. The van der Waals surface area contributed by atoms with Gasteiger partial charge in [0.15, 0.2) is 0 Å². The van der Waals surface area contributed by atoms with Gasteiger partial charge in [-0.3, -0.25) is 0 Å². The molecule has 21 heavy (non-hydrogen) atoms. The van der Waals surface area contributed by atoms with Gasteiger partial charge in [-0.25, -0.2) is 4.79 Å². The van der Waals surface area contributed by atoms with E-state index in [0.717, 1.165) is 6.07 Å². The molecule has 1 aliphatic rings. The number of carboxylic acid groups (broad SMARTS) is 1. The Hall–Kier alpha value is -1.72. The van der Waals surface area contributed by atoms with Crippen molar-refractivity contribution in [3.05, 3.63) is 29.8 Å². The van der Waals surface area contributed by atoms with E-state index in [1.807, 2.05) is 0 Å². The third kappa shape index (κ3) is 2.99. The first-order valence-corrected chi connectivity index (χ1v) is 6.80. The van der Waals surface area contributed by atoms with Crippen LogP contribution in [0, 0.1) is 5.41 Å². The van der Waals surface area contributed by atoms with E-state index in [0.29, 0.717) is 19.4 Å². The van der Waals surface area contributed by atoms with Crippen LogP contribution in [0.1, 0.15) is 32.3 Å². The second-order valence-corrected chi connectivity index (χ2v) is 6.04. The number of hydrogen-bond acceptors (Lipinski definition) is 2. The summed E-state index contributed by atoms with van der Waals surface area (Å²) in [6, 6.07) is 4.20. The first-order valence-electron chi connectivity index (χ1n) is 6.80. The van der Waals surface area contributed by atoms with Crippen LogP contribution in [-0.2, 0) is 11.0 Å². The van der Waals surface area contributed by atoms with Crippen molar-refractivity contribution in [1.29, 1.82) is 0 Å². The van der Waals surface area contributed by atoms with Gasteiger partial charge in [0.05, 0.1) is 5.56 Å². The molecule has 0 bridgehead atoms. The number of benzene rings is 1. The summed E-state index contributed by atoms with van der Waals surface area (Å²) in [4.78, 5) is 13.0. The number of carbonyl (C=O) groups is 1. The molecule has 1 atom stereocenters. The number of hydrogen-bond donors (Lipinski definition) is 1. The van der Waals surface area contributed by atoms with E-state index >= 15 is 0 Å². The molecule has 0 amide bonds. The average Bonchev–Trinajstić information content (AvgIpc) is 2.35. The number of alkyl halides is 3. The number of para-hydroxylation sites is 1. The zero-order valence-electron chi connectivity index (χ0n) is 11.9. The van der Waals surface area contributed by atoms with E-state index in [2.05, 4.69) is 0 Å². The molecule has 1 saturated heterocycles. The highest BCUT2D eigenvalue weighted by Crippen LogP contribution is 2.42. The van der Waals surface area contributed by atoms with Crippen molar-refractivity contribution >= 4 is 11.7 Å². The summed E-state index contributed by atoms with van der Waals surface area (Å²) < 4.78 is 39.5. The highest BCUT2D eigenvalue weighted by atomic mass is 19.4. The van der Waals surface area contributed by atoms with Crippen LogP contribution in [0.4, 0.5) is 18.9 Å². The Kier molecular flexibility index (Phi) is 3.91. The molecule has 2 rings (SSSR count). The maximum Gasteiger partial charge on any atom is 0.418 e. The van der Waals surface area contributed by atoms with Crippen molar-refractivity contribution < 1.29 is 23.1 Å². The van der Waals surface area contributed by atoms with Crippen molar-refractivity contribution in [2.45, 2.75) is 38.9 Å². The third-order valence-electron chi connectivity index (χ3n) is 4.02. The van der Waals surface area contributed by atoms with Gasteiger partial charge in [-0.15, -0.1) is 0 Å². The zero-order chi connectivity index (χ0) is 15.8. The Bertz CT molecular complexity index is 540. The molecule has 0 aromatic heterocycles. The molecular weight excluding hydrogens is 283 g/mol. The van der Waals surface area contributed by atoms with Crippen LogP contribution in [0.15, 0.2) is 24.3 Å². The maximum absolute atomic E-state index is 13.2. The Labute approximate surface area is 121 Å². The van der Waals surface area contributed by atoms with Gasteiger partial charge >= 0.3 is 12.1 Å². The van der Waals surface area contributed by atoms with E-state index in [-0.39, 0.29) is 5.69 Å². The quantitative estimate of drug-likeness (QED) is 0.903. The number of halogens is 3. The highest BCUT2D eigenvalue weighted by Gasteiger charge is 2.45. The molecule has 1 fully saturated rings. The molecule has 1 aromatic carbocycles. The normalized spacial score (nSPS) is 22.1. The lowest BCUT2D eigenvalue weighted by Gasteiger charge is -2.45. The van der Waals surface area contributed by atoms with Crippen molar-refractivity contribution in [1.82, 2.24) is 0 Å². The number of rotatable bonds is 2. The molecule has 1 N–H and O–H groups in total. The van der Waals surface area contributed by atoms with E-state index in [9.17, 15) is 23.1 Å². The van der Waals surface area contributed by atoms with Crippen molar-refractivity contribution in [2.75, 3.05) is 11.4 Å². The van der Waals surface area contributed by atoms with Crippen LogP contribution >= 0.6 is 0 Å². The molecular formula is C15H18F3NO2. The Morgan fingerprint density at radius 2 is 1.95 bits per heavy atom. The summed E-state index contributed by atoms with van der Waals surface area (Å²) in [6.07, 6.45) is -3.15. The average molecular weight is 301 g/mol. The van der Waals surface area contributed by atoms with Crippen LogP contribution in [0.3, 0.4) is 0 Å². The fraction of sp³-hybridized carbons (Fsp3) is 0.533. The van der Waals surface area contributed by atoms with Gasteiger partial charge in [0, 0.05) is 12.2 Å². The van der Waals surface area contributed by atoms with Crippen molar-refractivity contribution in [2.24, 2.45) is 5.41 Å². The van der Waals surface area contributed by atoms with Crippen LogP contribution in [-0.4, -0.2) is 23.7 Å². The maximum atomic E-state index is 13.2. The van der Waals surface area contributed by atoms with E-state index < -0.39 is 29.2 Å². The van der Waals surface area contributed by atoms with Crippen LogP contribution < -0.4 is 4.90 Å². The number of nitrogens with zero attached hydrogens (tertiary/aromatic N) is 1. The molecule has 0 aliphatic carbocycles. The summed E-state index contributed by atoms with van der Waals surface area (Å²) in [5, 5.41) is 9.48. The lowest BCUT2D eigenvalue weighted by Crippen LogP contribution is -2.54. The SMILES string of the molecule is CC1(C)CCCN(c2ccccc2C(F)(F)F)C1C(=O)O. The fourth-order valence-electron chi connectivity index (χ4n) is 3.08. The van der Waals surface area contributed by atoms with Crippen LogP contribution in [0.5, 0.6) is 0 Å². The zero-order valence-corrected chi connectivity index (χ0v) is 11.9. The first-order chi connectivity index (χ1) is 9.64. The van der Waals surface area contributed by atoms with E-state index in [1.165, 1.54) is 23.1 Å². The second-order valence-electron chi connectivity index (χ2n) is 6.04. The monoisotopic (exact) mass is 301 g/mol. The number of anilines is 1. The largest absolute Gasteiger partial charge is 0.480 e. The summed E-state index contributed by atoms with van der Waals surface area (Å²) in [7, 11) is 0. The Balaban J connectivity index is 2.52. The Morgan fingerprint density at radius 3 is 2.52 bits per heavy atom. The van der Waals surface area contributed by atoms with Gasteiger partial charge in [-0.05, 0) is 30.4 Å². The molecule has 3 nitrogen and oxygen atoms in total. The lowest BCUT2D eigenvalue weighted by molar-refractivity contribution is -0.143. The molecule has 0 saturated carbocycles. The standard InChI is InChI=1S/C15H18F3NO2/c1-14(2)8-5-9-19(12(14)13(20)21)11-7-4-3-6-10(11)15(16,17)18/h3-4,6-7,12H,5,8-9H2,1-2H3,(H,20,21). The highest BCUT2D eigenvalue weighted by molar-refractivity contribution is 5.80. The van der Waals surface area contributed by atoms with Crippen molar-refractivity contribution in [3.63, 3.8) is 0 Å². The predicted octanol–water partition coefficient (Wildman–Crippen LogP) is 3.79. The number of aliphatic carboxylic acids is 1. The van der Waals surface area contributed by atoms with Crippen LogP contribution in [0.25, 0.3) is 0 Å². The fourth-order valence-corrected chi connectivity index (χ4v) is 3.08. The molecule has 0 radical (unpaired) electrons. The Morgan fingerprint density at radius 1 is 1.33 bits per heavy atom. The number of carboxylic acids is 1. The number of piperidine rings is 1. The van der Waals surface area contributed by atoms with Gasteiger partial charge in [0.1, 0.15) is 6.04 Å². The molecule has 116 valence electrons. The lowest BCUT2D eigenvalue weighted by atomic mass is 9.76. The minimum atomic E-state index is -4.50. The first kappa shape index (κ1) is 15.7.